The van der Waals surface area contributed by atoms with Crippen molar-refractivity contribution in [2.75, 3.05) is 20.1 Å². The Morgan fingerprint density at radius 1 is 1.24 bits per heavy atom. The van der Waals surface area contributed by atoms with Gasteiger partial charge in [-0.1, -0.05) is 13.0 Å². The number of likely N-dealkylation sites (tertiary alicyclic amines) is 1. The van der Waals surface area contributed by atoms with Crippen molar-refractivity contribution in [3.05, 3.63) is 54.5 Å². The fourth-order valence-corrected chi connectivity index (χ4v) is 6.02. The molecular formula is C24H29N5O3S. The van der Waals surface area contributed by atoms with E-state index in [1.54, 1.807) is 52.2 Å². The first kappa shape index (κ1) is 23.1. The lowest BCUT2D eigenvalue weighted by molar-refractivity contribution is -0.136. The SMILES string of the molecule is CC1CCN(C(=O)C(CCn2cccc2C#N)N(C)S(=O)(=O)c2cccc3[nH]ccc23)CC1. The van der Waals surface area contributed by atoms with Crippen molar-refractivity contribution in [2.45, 2.75) is 43.7 Å². The molecule has 0 spiro atoms. The number of fused-ring (bicyclic) bond motifs is 1. The molecule has 0 aliphatic carbocycles. The summed E-state index contributed by atoms with van der Waals surface area (Å²) < 4.78 is 30.4. The largest absolute Gasteiger partial charge is 0.361 e. The van der Waals surface area contributed by atoms with Gasteiger partial charge in [0.2, 0.25) is 15.9 Å². The van der Waals surface area contributed by atoms with Gasteiger partial charge < -0.3 is 14.5 Å². The van der Waals surface area contributed by atoms with Crippen LogP contribution in [0.4, 0.5) is 0 Å². The Morgan fingerprint density at radius 2 is 2.00 bits per heavy atom. The van der Waals surface area contributed by atoms with Gasteiger partial charge in [0.25, 0.3) is 0 Å². The van der Waals surface area contributed by atoms with Crippen LogP contribution in [0.1, 0.15) is 31.9 Å². The quantitative estimate of drug-likeness (QED) is 0.576. The number of nitrogens with zero attached hydrogens (tertiary/aromatic N) is 4. The van der Waals surface area contributed by atoms with E-state index in [-0.39, 0.29) is 17.2 Å². The molecule has 4 rings (SSSR count). The highest BCUT2D eigenvalue weighted by atomic mass is 32.2. The van der Waals surface area contributed by atoms with Crippen molar-refractivity contribution >= 4 is 26.8 Å². The summed E-state index contributed by atoms with van der Waals surface area (Å²) in [5.74, 6) is 0.373. The van der Waals surface area contributed by atoms with Gasteiger partial charge in [0.1, 0.15) is 17.8 Å². The molecule has 1 fully saturated rings. The molecule has 8 nitrogen and oxygen atoms in total. The Kier molecular flexibility index (Phi) is 6.58. The third-order valence-electron chi connectivity index (χ3n) is 6.62. The minimum atomic E-state index is -3.94. The molecule has 1 aromatic carbocycles. The van der Waals surface area contributed by atoms with Crippen LogP contribution in [0.15, 0.2) is 53.7 Å². The van der Waals surface area contributed by atoms with E-state index in [1.807, 2.05) is 6.07 Å². The predicted octanol–water partition coefficient (Wildman–Crippen LogP) is 3.18. The van der Waals surface area contributed by atoms with Crippen molar-refractivity contribution in [3.8, 4) is 6.07 Å². The van der Waals surface area contributed by atoms with Crippen LogP contribution in [0.3, 0.4) is 0 Å². The Morgan fingerprint density at radius 3 is 2.73 bits per heavy atom. The second-order valence-electron chi connectivity index (χ2n) is 8.73. The van der Waals surface area contributed by atoms with Crippen LogP contribution in [0.25, 0.3) is 10.9 Å². The van der Waals surface area contributed by atoms with Crippen LogP contribution < -0.4 is 0 Å². The average molecular weight is 468 g/mol. The zero-order chi connectivity index (χ0) is 23.6. The molecule has 1 aliphatic heterocycles. The molecule has 2 aromatic heterocycles. The fraction of sp³-hybridized carbons (Fsp3) is 0.417. The zero-order valence-electron chi connectivity index (χ0n) is 18.9. The molecule has 0 radical (unpaired) electrons. The molecule has 0 saturated carbocycles. The third-order valence-corrected chi connectivity index (χ3v) is 8.54. The molecular weight excluding hydrogens is 438 g/mol. The van der Waals surface area contributed by atoms with Crippen LogP contribution >= 0.6 is 0 Å². The van der Waals surface area contributed by atoms with Gasteiger partial charge in [-0.2, -0.15) is 9.57 Å². The Labute approximate surface area is 194 Å². The summed E-state index contributed by atoms with van der Waals surface area (Å²) in [4.78, 5) is 18.6. The molecule has 3 heterocycles. The van der Waals surface area contributed by atoms with Gasteiger partial charge in [0.05, 0.1) is 4.90 Å². The number of hydrogen-bond acceptors (Lipinski definition) is 4. The highest BCUT2D eigenvalue weighted by Gasteiger charge is 2.36. The molecule has 33 heavy (non-hydrogen) atoms. The topological polar surface area (TPSA) is 102 Å². The highest BCUT2D eigenvalue weighted by Crippen LogP contribution is 2.27. The smallest absolute Gasteiger partial charge is 0.244 e. The number of sulfonamides is 1. The van der Waals surface area contributed by atoms with Crippen molar-refractivity contribution in [2.24, 2.45) is 5.92 Å². The Bertz CT molecular complexity index is 1280. The normalized spacial score (nSPS) is 16.2. The monoisotopic (exact) mass is 467 g/mol. The minimum absolute atomic E-state index is 0.174. The van der Waals surface area contributed by atoms with Gasteiger partial charge in [-0.05, 0) is 55.5 Å². The number of H-pyrrole nitrogens is 1. The number of rotatable bonds is 7. The maximum absolute atomic E-state index is 13.7. The molecule has 1 unspecified atom stereocenters. The first-order chi connectivity index (χ1) is 15.8. The number of nitrogens with one attached hydrogen (secondary N) is 1. The van der Waals surface area contributed by atoms with Crippen LogP contribution in [-0.4, -0.2) is 59.3 Å². The number of carbonyl (C=O) groups is 1. The van der Waals surface area contributed by atoms with E-state index in [4.69, 9.17) is 0 Å². The minimum Gasteiger partial charge on any atom is -0.361 e. The molecule has 0 bridgehead atoms. The highest BCUT2D eigenvalue weighted by molar-refractivity contribution is 7.89. The number of amides is 1. The van der Waals surface area contributed by atoms with Crippen molar-refractivity contribution in [1.82, 2.24) is 18.8 Å². The van der Waals surface area contributed by atoms with Gasteiger partial charge >= 0.3 is 0 Å². The lowest BCUT2D eigenvalue weighted by atomic mass is 9.98. The maximum atomic E-state index is 13.7. The van der Waals surface area contributed by atoms with Gasteiger partial charge in [0, 0.05) is 50.0 Å². The van der Waals surface area contributed by atoms with E-state index in [0.717, 1.165) is 18.4 Å². The molecule has 1 aliphatic rings. The van der Waals surface area contributed by atoms with Crippen LogP contribution in [0.5, 0.6) is 0 Å². The molecule has 1 N–H and O–H groups in total. The standard InChI is InChI=1S/C24H29N5O3S/c1-18-9-14-29(15-10-18)24(30)22(11-16-28-13-4-5-19(28)17-25)27(2)33(31,32)23-7-3-6-21-20(23)8-12-26-21/h3-8,12-13,18,22,26H,9-11,14-16H2,1-2H3. The summed E-state index contributed by atoms with van der Waals surface area (Å²) in [7, 11) is -2.46. The summed E-state index contributed by atoms with van der Waals surface area (Å²) in [5, 5.41) is 9.92. The van der Waals surface area contributed by atoms with E-state index in [2.05, 4.69) is 18.0 Å². The van der Waals surface area contributed by atoms with E-state index >= 15 is 0 Å². The second kappa shape index (κ2) is 9.41. The summed E-state index contributed by atoms with van der Waals surface area (Å²) in [6, 6.07) is 11.6. The Balaban J connectivity index is 1.66. The van der Waals surface area contributed by atoms with Gasteiger partial charge in [-0.3, -0.25) is 4.79 Å². The van der Waals surface area contributed by atoms with Gasteiger partial charge in [-0.25, -0.2) is 8.42 Å². The van der Waals surface area contributed by atoms with E-state index in [1.165, 1.54) is 11.4 Å². The maximum Gasteiger partial charge on any atom is 0.244 e. The Hall–Kier alpha value is -3.09. The molecule has 9 heteroatoms. The number of piperidine rings is 1. The second-order valence-corrected chi connectivity index (χ2v) is 10.7. The fourth-order valence-electron chi connectivity index (χ4n) is 4.48. The molecule has 3 aromatic rings. The number of carbonyl (C=O) groups excluding carboxylic acids is 1. The summed E-state index contributed by atoms with van der Waals surface area (Å²) in [6.07, 6.45) is 5.57. The third kappa shape index (κ3) is 4.54. The first-order valence-electron chi connectivity index (χ1n) is 11.2. The molecule has 1 amide bonds. The van der Waals surface area contributed by atoms with Gasteiger partial charge in [0.15, 0.2) is 0 Å². The number of hydrogen-bond donors (Lipinski definition) is 1. The van der Waals surface area contributed by atoms with Crippen LogP contribution in [0.2, 0.25) is 0 Å². The summed E-state index contributed by atoms with van der Waals surface area (Å²) >= 11 is 0. The van der Waals surface area contributed by atoms with Crippen LogP contribution in [-0.2, 0) is 21.4 Å². The molecule has 1 saturated heterocycles. The number of aryl methyl sites for hydroxylation is 1. The average Bonchev–Trinajstić information content (AvgIpc) is 3.48. The lowest BCUT2D eigenvalue weighted by Gasteiger charge is -2.35. The predicted molar refractivity (Wildman–Crippen MR) is 126 cm³/mol. The van der Waals surface area contributed by atoms with Crippen molar-refractivity contribution in [3.63, 3.8) is 0 Å². The number of likely N-dealkylation sites (N-methyl/N-ethyl adjacent to an activating group) is 1. The number of benzene rings is 1. The number of aromatic amines is 1. The van der Waals surface area contributed by atoms with E-state index in [9.17, 15) is 18.5 Å². The van der Waals surface area contributed by atoms with Gasteiger partial charge in [-0.15, -0.1) is 0 Å². The number of aromatic nitrogens is 2. The molecule has 174 valence electrons. The lowest BCUT2D eigenvalue weighted by Crippen LogP contribution is -2.51. The van der Waals surface area contributed by atoms with Crippen LogP contribution in [0, 0.1) is 17.2 Å². The van der Waals surface area contributed by atoms with E-state index < -0.39 is 16.1 Å². The first-order valence-corrected chi connectivity index (χ1v) is 12.6. The van der Waals surface area contributed by atoms with E-state index in [0.29, 0.717) is 36.6 Å². The summed E-state index contributed by atoms with van der Waals surface area (Å²) in [6.45, 7) is 3.79. The summed E-state index contributed by atoms with van der Waals surface area (Å²) in [5.41, 5.74) is 1.21. The van der Waals surface area contributed by atoms with Crippen molar-refractivity contribution in [1.29, 1.82) is 5.26 Å². The zero-order valence-corrected chi connectivity index (χ0v) is 19.8. The number of nitriles is 1. The molecule has 1 atom stereocenters. The van der Waals surface area contributed by atoms with Crippen molar-refractivity contribution < 1.29 is 13.2 Å².